The van der Waals surface area contributed by atoms with Crippen LogP contribution in [0.1, 0.15) is 44.6 Å². The lowest BCUT2D eigenvalue weighted by Crippen LogP contribution is -2.41. The highest BCUT2D eigenvalue weighted by Crippen LogP contribution is 2.28. The van der Waals surface area contributed by atoms with E-state index in [1.807, 2.05) is 12.1 Å². The van der Waals surface area contributed by atoms with E-state index in [9.17, 15) is 5.11 Å². The SMILES string of the molecule is COc1ccc(CCC(C)NCC2(O)CCCC2)cc1. The van der Waals surface area contributed by atoms with Crippen molar-refractivity contribution in [3.63, 3.8) is 0 Å². The largest absolute Gasteiger partial charge is 0.497 e. The minimum atomic E-state index is -0.450. The highest BCUT2D eigenvalue weighted by molar-refractivity contribution is 5.27. The van der Waals surface area contributed by atoms with Gasteiger partial charge >= 0.3 is 0 Å². The van der Waals surface area contributed by atoms with E-state index in [0.29, 0.717) is 6.04 Å². The monoisotopic (exact) mass is 277 g/mol. The van der Waals surface area contributed by atoms with Crippen LogP contribution in [-0.4, -0.2) is 30.4 Å². The molecule has 1 atom stereocenters. The molecule has 0 heterocycles. The molecular formula is C17H27NO2. The molecule has 0 spiro atoms. The lowest BCUT2D eigenvalue weighted by atomic mass is 10.0. The molecule has 0 saturated heterocycles. The van der Waals surface area contributed by atoms with Crippen LogP contribution < -0.4 is 10.1 Å². The van der Waals surface area contributed by atoms with Crippen molar-refractivity contribution in [2.75, 3.05) is 13.7 Å². The molecule has 1 aromatic carbocycles. The second-order valence-corrected chi connectivity index (χ2v) is 6.10. The number of ether oxygens (including phenoxy) is 1. The fourth-order valence-corrected chi connectivity index (χ4v) is 2.85. The van der Waals surface area contributed by atoms with E-state index in [1.165, 1.54) is 18.4 Å². The number of rotatable bonds is 7. The summed E-state index contributed by atoms with van der Waals surface area (Å²) in [7, 11) is 1.69. The molecule has 0 aromatic heterocycles. The maximum atomic E-state index is 10.3. The van der Waals surface area contributed by atoms with Crippen molar-refractivity contribution < 1.29 is 9.84 Å². The summed E-state index contributed by atoms with van der Waals surface area (Å²) in [6.07, 6.45) is 6.37. The summed E-state index contributed by atoms with van der Waals surface area (Å²) in [4.78, 5) is 0. The molecule has 0 amide bonds. The summed E-state index contributed by atoms with van der Waals surface area (Å²) < 4.78 is 5.16. The van der Waals surface area contributed by atoms with Crippen LogP contribution in [0.25, 0.3) is 0 Å². The molecular weight excluding hydrogens is 250 g/mol. The Hall–Kier alpha value is -1.06. The molecule has 0 bridgehead atoms. The Morgan fingerprint density at radius 2 is 1.90 bits per heavy atom. The topological polar surface area (TPSA) is 41.5 Å². The van der Waals surface area contributed by atoms with Crippen molar-refractivity contribution in [2.45, 2.75) is 57.1 Å². The van der Waals surface area contributed by atoms with Crippen LogP contribution >= 0.6 is 0 Å². The first-order valence-electron chi connectivity index (χ1n) is 7.70. The van der Waals surface area contributed by atoms with Gasteiger partial charge in [-0.05, 0) is 50.3 Å². The van der Waals surface area contributed by atoms with Crippen LogP contribution in [0.5, 0.6) is 5.75 Å². The Bertz CT molecular complexity index is 396. The van der Waals surface area contributed by atoms with Crippen molar-refractivity contribution in [3.05, 3.63) is 29.8 Å². The Labute approximate surface area is 122 Å². The Balaban J connectivity index is 1.70. The molecule has 20 heavy (non-hydrogen) atoms. The highest BCUT2D eigenvalue weighted by atomic mass is 16.5. The zero-order valence-electron chi connectivity index (χ0n) is 12.7. The van der Waals surface area contributed by atoms with E-state index >= 15 is 0 Å². The molecule has 0 aliphatic heterocycles. The molecule has 2 rings (SSSR count). The van der Waals surface area contributed by atoms with Gasteiger partial charge in [-0.1, -0.05) is 25.0 Å². The summed E-state index contributed by atoms with van der Waals surface area (Å²) in [6, 6.07) is 8.69. The van der Waals surface area contributed by atoms with E-state index in [2.05, 4.69) is 24.4 Å². The van der Waals surface area contributed by atoms with Crippen LogP contribution in [0, 0.1) is 0 Å². The summed E-state index contributed by atoms with van der Waals surface area (Å²) in [5.41, 5.74) is 0.882. The molecule has 1 unspecified atom stereocenters. The van der Waals surface area contributed by atoms with E-state index in [4.69, 9.17) is 4.74 Å². The predicted molar refractivity (Wildman–Crippen MR) is 82.2 cm³/mol. The first kappa shape index (κ1) is 15.3. The van der Waals surface area contributed by atoms with E-state index < -0.39 is 5.60 Å². The van der Waals surface area contributed by atoms with Crippen LogP contribution in [0.4, 0.5) is 0 Å². The number of aliphatic hydroxyl groups is 1. The minimum Gasteiger partial charge on any atom is -0.497 e. The maximum Gasteiger partial charge on any atom is 0.118 e. The molecule has 1 aliphatic carbocycles. The van der Waals surface area contributed by atoms with Crippen molar-refractivity contribution in [2.24, 2.45) is 0 Å². The van der Waals surface area contributed by atoms with Gasteiger partial charge in [0.15, 0.2) is 0 Å². The second kappa shape index (κ2) is 7.09. The number of nitrogens with one attached hydrogen (secondary N) is 1. The minimum absolute atomic E-state index is 0.432. The summed E-state index contributed by atoms with van der Waals surface area (Å²) in [6.45, 7) is 2.93. The van der Waals surface area contributed by atoms with Gasteiger partial charge in [0.1, 0.15) is 5.75 Å². The zero-order valence-corrected chi connectivity index (χ0v) is 12.7. The van der Waals surface area contributed by atoms with Gasteiger partial charge < -0.3 is 15.2 Å². The third-order valence-electron chi connectivity index (χ3n) is 4.34. The summed E-state index contributed by atoms with van der Waals surface area (Å²) in [5, 5.41) is 13.8. The third kappa shape index (κ3) is 4.50. The number of methoxy groups -OCH3 is 1. The first-order valence-corrected chi connectivity index (χ1v) is 7.70. The average Bonchev–Trinajstić information content (AvgIpc) is 2.91. The van der Waals surface area contributed by atoms with Gasteiger partial charge in [-0.3, -0.25) is 0 Å². The van der Waals surface area contributed by atoms with E-state index in [0.717, 1.165) is 38.0 Å². The maximum absolute atomic E-state index is 10.3. The molecule has 3 heteroatoms. The van der Waals surface area contributed by atoms with Crippen molar-refractivity contribution in [1.82, 2.24) is 5.32 Å². The van der Waals surface area contributed by atoms with Crippen molar-refractivity contribution >= 4 is 0 Å². The molecule has 3 nitrogen and oxygen atoms in total. The molecule has 1 fully saturated rings. The Morgan fingerprint density at radius 3 is 2.50 bits per heavy atom. The van der Waals surface area contributed by atoms with Gasteiger partial charge in [-0.15, -0.1) is 0 Å². The van der Waals surface area contributed by atoms with Gasteiger partial charge in [0.2, 0.25) is 0 Å². The average molecular weight is 277 g/mol. The predicted octanol–water partition coefficient (Wildman–Crippen LogP) is 2.91. The quantitative estimate of drug-likeness (QED) is 0.805. The van der Waals surface area contributed by atoms with E-state index in [-0.39, 0.29) is 0 Å². The smallest absolute Gasteiger partial charge is 0.118 e. The number of hydrogen-bond acceptors (Lipinski definition) is 3. The molecule has 1 aliphatic rings. The standard InChI is InChI=1S/C17H27NO2/c1-14(18-13-17(19)11-3-4-12-17)5-6-15-7-9-16(20-2)10-8-15/h7-10,14,18-19H,3-6,11-13H2,1-2H3. The lowest BCUT2D eigenvalue weighted by molar-refractivity contribution is 0.0451. The van der Waals surface area contributed by atoms with Gasteiger partial charge in [0.05, 0.1) is 12.7 Å². The second-order valence-electron chi connectivity index (χ2n) is 6.10. The Kier molecular flexibility index (Phi) is 5.44. The van der Waals surface area contributed by atoms with Gasteiger partial charge in [-0.25, -0.2) is 0 Å². The van der Waals surface area contributed by atoms with Gasteiger partial charge in [0, 0.05) is 12.6 Å². The van der Waals surface area contributed by atoms with Crippen LogP contribution in [-0.2, 0) is 6.42 Å². The van der Waals surface area contributed by atoms with E-state index in [1.54, 1.807) is 7.11 Å². The van der Waals surface area contributed by atoms with Gasteiger partial charge in [0.25, 0.3) is 0 Å². The summed E-state index contributed by atoms with van der Waals surface area (Å²) >= 11 is 0. The normalized spacial score (nSPS) is 18.9. The fraction of sp³-hybridized carbons (Fsp3) is 0.647. The highest BCUT2D eigenvalue weighted by Gasteiger charge is 2.30. The molecule has 1 aromatic rings. The summed E-state index contributed by atoms with van der Waals surface area (Å²) in [5.74, 6) is 0.906. The number of hydrogen-bond donors (Lipinski definition) is 2. The van der Waals surface area contributed by atoms with Crippen LogP contribution in [0.15, 0.2) is 24.3 Å². The first-order chi connectivity index (χ1) is 9.61. The fourth-order valence-electron chi connectivity index (χ4n) is 2.85. The van der Waals surface area contributed by atoms with Crippen molar-refractivity contribution in [3.8, 4) is 5.75 Å². The Morgan fingerprint density at radius 1 is 1.25 bits per heavy atom. The van der Waals surface area contributed by atoms with Gasteiger partial charge in [-0.2, -0.15) is 0 Å². The van der Waals surface area contributed by atoms with Crippen LogP contribution in [0.2, 0.25) is 0 Å². The molecule has 2 N–H and O–H groups in total. The third-order valence-corrected chi connectivity index (χ3v) is 4.34. The lowest BCUT2D eigenvalue weighted by Gasteiger charge is -2.25. The van der Waals surface area contributed by atoms with Crippen LogP contribution in [0.3, 0.4) is 0 Å². The molecule has 0 radical (unpaired) electrons. The number of aryl methyl sites for hydroxylation is 1. The molecule has 112 valence electrons. The zero-order chi connectivity index (χ0) is 14.4. The molecule has 1 saturated carbocycles. The van der Waals surface area contributed by atoms with Crippen molar-refractivity contribution in [1.29, 1.82) is 0 Å². The number of benzene rings is 1.